The lowest BCUT2D eigenvalue weighted by molar-refractivity contribution is 0.00280. The van der Waals surface area contributed by atoms with E-state index in [0.717, 1.165) is 26.1 Å². The van der Waals surface area contributed by atoms with Gasteiger partial charge in [-0.05, 0) is 43.7 Å². The van der Waals surface area contributed by atoms with Crippen molar-refractivity contribution in [3.8, 4) is 0 Å². The SMILES string of the molecule is CC(C)(C)[Si](OCC1(CO[Si](c2ccccc2)(c2ccccc2)C(C)(C)C)CCC1)(c1ccccc1)c1ccccc1. The van der Waals surface area contributed by atoms with E-state index in [2.05, 4.69) is 163 Å². The van der Waals surface area contributed by atoms with E-state index in [1.54, 1.807) is 0 Å². The Morgan fingerprint density at radius 2 is 0.738 bits per heavy atom. The summed E-state index contributed by atoms with van der Waals surface area (Å²) >= 11 is 0. The third-order valence-corrected chi connectivity index (χ3v) is 19.4. The van der Waals surface area contributed by atoms with Gasteiger partial charge < -0.3 is 8.85 Å². The van der Waals surface area contributed by atoms with Crippen LogP contribution in [0.15, 0.2) is 121 Å². The lowest BCUT2D eigenvalue weighted by atomic mass is 9.70. The van der Waals surface area contributed by atoms with Crippen molar-refractivity contribution in [1.82, 2.24) is 0 Å². The summed E-state index contributed by atoms with van der Waals surface area (Å²) in [6.07, 6.45) is 3.51. The van der Waals surface area contributed by atoms with Crippen LogP contribution in [0.2, 0.25) is 10.1 Å². The van der Waals surface area contributed by atoms with Gasteiger partial charge in [0, 0.05) is 18.6 Å². The molecule has 1 aliphatic rings. The molecule has 0 heterocycles. The number of rotatable bonds is 10. The van der Waals surface area contributed by atoms with Gasteiger partial charge in [-0.1, -0.05) is 169 Å². The highest BCUT2D eigenvalue weighted by atomic mass is 28.4. The molecule has 2 nitrogen and oxygen atoms in total. The number of hydrogen-bond acceptors (Lipinski definition) is 2. The van der Waals surface area contributed by atoms with Gasteiger partial charge in [-0.2, -0.15) is 0 Å². The fourth-order valence-corrected chi connectivity index (χ4v) is 16.4. The molecule has 1 aliphatic carbocycles. The quantitative estimate of drug-likeness (QED) is 0.180. The molecule has 0 bridgehead atoms. The smallest absolute Gasteiger partial charge is 0.261 e. The van der Waals surface area contributed by atoms with Crippen LogP contribution in [0.4, 0.5) is 0 Å². The first-order valence-corrected chi connectivity index (χ1v) is 19.4. The third kappa shape index (κ3) is 5.62. The van der Waals surface area contributed by atoms with Crippen molar-refractivity contribution >= 4 is 37.4 Å². The molecule has 0 radical (unpaired) electrons. The Morgan fingerprint density at radius 3 is 0.929 bits per heavy atom. The van der Waals surface area contributed by atoms with Crippen molar-refractivity contribution in [2.75, 3.05) is 13.2 Å². The van der Waals surface area contributed by atoms with E-state index in [1.807, 2.05) is 0 Å². The normalized spacial score (nSPS) is 15.7. The van der Waals surface area contributed by atoms with Gasteiger partial charge in [0.1, 0.15) is 0 Å². The fraction of sp³-hybridized carbons (Fsp3) is 0.368. The highest BCUT2D eigenvalue weighted by Gasteiger charge is 2.54. The Hall–Kier alpha value is -2.77. The van der Waals surface area contributed by atoms with Crippen LogP contribution in [0.25, 0.3) is 0 Å². The monoisotopic (exact) mass is 592 g/mol. The molecule has 4 aromatic rings. The van der Waals surface area contributed by atoms with Gasteiger partial charge in [-0.25, -0.2) is 0 Å². The summed E-state index contributed by atoms with van der Waals surface area (Å²) in [5.41, 5.74) is 0.0140. The van der Waals surface area contributed by atoms with E-state index in [4.69, 9.17) is 8.85 Å². The molecule has 1 saturated carbocycles. The van der Waals surface area contributed by atoms with E-state index in [-0.39, 0.29) is 15.5 Å². The van der Waals surface area contributed by atoms with Crippen LogP contribution >= 0.6 is 0 Å². The average Bonchev–Trinajstić information content (AvgIpc) is 2.96. The Morgan fingerprint density at radius 1 is 0.476 bits per heavy atom. The first-order valence-electron chi connectivity index (χ1n) is 15.5. The van der Waals surface area contributed by atoms with E-state index in [9.17, 15) is 0 Å². The minimum Gasteiger partial charge on any atom is -0.407 e. The van der Waals surface area contributed by atoms with Gasteiger partial charge in [0.15, 0.2) is 0 Å². The molecule has 0 amide bonds. The van der Waals surface area contributed by atoms with Gasteiger partial charge in [-0.3, -0.25) is 0 Å². The lowest BCUT2D eigenvalue weighted by Crippen LogP contribution is -2.69. The molecule has 1 fully saturated rings. The maximum Gasteiger partial charge on any atom is 0.261 e. The van der Waals surface area contributed by atoms with E-state index in [1.165, 1.54) is 27.2 Å². The summed E-state index contributed by atoms with van der Waals surface area (Å²) in [5, 5.41) is 5.27. The van der Waals surface area contributed by atoms with Crippen molar-refractivity contribution in [2.24, 2.45) is 5.41 Å². The molecular formula is C38H48O2Si2. The first-order chi connectivity index (χ1) is 20.0. The van der Waals surface area contributed by atoms with E-state index >= 15 is 0 Å². The summed E-state index contributed by atoms with van der Waals surface area (Å²) < 4.78 is 15.0. The molecule has 0 aromatic heterocycles. The fourth-order valence-electron chi connectivity index (χ4n) is 7.05. The Kier molecular flexibility index (Phi) is 8.83. The molecule has 0 N–H and O–H groups in total. The topological polar surface area (TPSA) is 18.5 Å². The van der Waals surface area contributed by atoms with Gasteiger partial charge >= 0.3 is 0 Å². The second kappa shape index (κ2) is 12.1. The second-order valence-electron chi connectivity index (χ2n) is 14.3. The molecular weight excluding hydrogens is 545 g/mol. The molecule has 0 spiro atoms. The summed E-state index contributed by atoms with van der Waals surface area (Å²) in [6, 6.07) is 44.1. The van der Waals surface area contributed by atoms with Crippen LogP contribution in [0, 0.1) is 5.41 Å². The standard InChI is InChI=1S/C38H48O2Si2/c1-36(2,3)41(32-20-11-7-12-21-32,33-22-13-8-14-23-33)39-30-38(28-19-29-38)31-40-42(37(4,5)6,34-24-15-9-16-25-34)35-26-17-10-18-27-35/h7-18,20-27H,19,28-31H2,1-6H3. The number of benzene rings is 4. The zero-order valence-corrected chi connectivity index (χ0v) is 28.4. The summed E-state index contributed by atoms with van der Waals surface area (Å²) in [6.45, 7) is 15.6. The molecule has 220 valence electrons. The number of hydrogen-bond donors (Lipinski definition) is 0. The summed E-state index contributed by atoms with van der Waals surface area (Å²) in [5.74, 6) is 0. The molecule has 0 aliphatic heterocycles. The van der Waals surface area contributed by atoms with Crippen LogP contribution in [-0.2, 0) is 8.85 Å². The van der Waals surface area contributed by atoms with Gasteiger partial charge in [0.05, 0.1) is 0 Å². The predicted octanol–water partition coefficient (Wildman–Crippen LogP) is 7.31. The van der Waals surface area contributed by atoms with Gasteiger partial charge in [0.2, 0.25) is 0 Å². The molecule has 4 aromatic carbocycles. The van der Waals surface area contributed by atoms with Gasteiger partial charge in [0.25, 0.3) is 16.6 Å². The van der Waals surface area contributed by atoms with Crippen molar-refractivity contribution in [2.45, 2.75) is 70.9 Å². The molecule has 5 rings (SSSR count). The Labute approximate surface area is 256 Å². The van der Waals surface area contributed by atoms with Crippen molar-refractivity contribution in [3.63, 3.8) is 0 Å². The van der Waals surface area contributed by atoms with Gasteiger partial charge in [-0.15, -0.1) is 0 Å². The minimum atomic E-state index is -2.63. The Bertz CT molecular complexity index is 1220. The maximum absolute atomic E-state index is 7.51. The molecule has 0 atom stereocenters. The lowest BCUT2D eigenvalue weighted by Gasteiger charge is -2.50. The van der Waals surface area contributed by atoms with Crippen molar-refractivity contribution in [3.05, 3.63) is 121 Å². The van der Waals surface area contributed by atoms with Crippen LogP contribution in [-0.4, -0.2) is 29.8 Å². The van der Waals surface area contributed by atoms with Crippen LogP contribution < -0.4 is 20.7 Å². The van der Waals surface area contributed by atoms with E-state index in [0.29, 0.717) is 0 Å². The highest BCUT2D eigenvalue weighted by molar-refractivity contribution is 7.00. The maximum atomic E-state index is 7.51. The van der Waals surface area contributed by atoms with Crippen LogP contribution in [0.1, 0.15) is 60.8 Å². The van der Waals surface area contributed by atoms with Crippen molar-refractivity contribution in [1.29, 1.82) is 0 Å². The van der Waals surface area contributed by atoms with Crippen molar-refractivity contribution < 1.29 is 8.85 Å². The largest absolute Gasteiger partial charge is 0.407 e. The molecule has 0 saturated heterocycles. The van der Waals surface area contributed by atoms with E-state index < -0.39 is 16.6 Å². The minimum absolute atomic E-state index is 0.0140. The van der Waals surface area contributed by atoms with Crippen LogP contribution in [0.5, 0.6) is 0 Å². The average molecular weight is 593 g/mol. The highest BCUT2D eigenvalue weighted by Crippen LogP contribution is 2.46. The zero-order chi connectivity index (χ0) is 29.9. The zero-order valence-electron chi connectivity index (χ0n) is 26.4. The first kappa shape index (κ1) is 30.7. The molecule has 4 heteroatoms. The summed E-state index contributed by atoms with van der Waals surface area (Å²) in [4.78, 5) is 0. The van der Waals surface area contributed by atoms with Crippen LogP contribution in [0.3, 0.4) is 0 Å². The molecule has 0 unspecified atom stereocenters. The molecule has 42 heavy (non-hydrogen) atoms. The third-order valence-electron chi connectivity index (χ3n) is 9.44. The Balaban J connectivity index is 1.53. The predicted molar refractivity (Wildman–Crippen MR) is 183 cm³/mol. The summed E-state index contributed by atoms with van der Waals surface area (Å²) in [7, 11) is -5.25. The second-order valence-corrected chi connectivity index (χ2v) is 22.9.